The third-order valence-electron chi connectivity index (χ3n) is 3.25. The summed E-state index contributed by atoms with van der Waals surface area (Å²) in [7, 11) is 0. The van der Waals surface area contributed by atoms with E-state index in [-0.39, 0.29) is 5.91 Å². The number of aliphatic hydroxyl groups excluding tert-OH is 3. The van der Waals surface area contributed by atoms with Crippen LogP contribution in [-0.4, -0.2) is 58.5 Å². The molecular formula is C14H19NO6. The Labute approximate surface area is 122 Å². The van der Waals surface area contributed by atoms with E-state index in [1.807, 2.05) is 6.07 Å². The molecule has 1 fully saturated rings. The summed E-state index contributed by atoms with van der Waals surface area (Å²) in [4.78, 5) is 11.2. The van der Waals surface area contributed by atoms with Crippen LogP contribution in [0.3, 0.4) is 0 Å². The SMILES string of the molecule is CC(=O)N[C@@H]1[C@@H](Oc2ccccc2)O[C@H](CO)[C@@H](O)[C@@H]1O. The van der Waals surface area contributed by atoms with Crippen molar-refractivity contribution in [3.63, 3.8) is 0 Å². The van der Waals surface area contributed by atoms with Gasteiger partial charge in [-0.1, -0.05) is 18.2 Å². The zero-order chi connectivity index (χ0) is 15.4. The highest BCUT2D eigenvalue weighted by molar-refractivity contribution is 5.73. The van der Waals surface area contributed by atoms with E-state index in [0.717, 1.165) is 0 Å². The van der Waals surface area contributed by atoms with E-state index in [9.17, 15) is 20.1 Å². The van der Waals surface area contributed by atoms with Crippen LogP contribution < -0.4 is 10.1 Å². The first-order valence-corrected chi connectivity index (χ1v) is 6.64. The molecule has 1 aliphatic rings. The Bertz CT molecular complexity index is 468. The number of hydrogen-bond donors (Lipinski definition) is 4. The molecule has 21 heavy (non-hydrogen) atoms. The predicted octanol–water partition coefficient (Wildman–Crippen LogP) is -0.991. The van der Waals surface area contributed by atoms with Gasteiger partial charge in [-0.2, -0.15) is 0 Å². The lowest BCUT2D eigenvalue weighted by atomic mass is 9.97. The lowest BCUT2D eigenvalue weighted by molar-refractivity contribution is -0.244. The molecule has 7 nitrogen and oxygen atoms in total. The van der Waals surface area contributed by atoms with Crippen molar-refractivity contribution in [3.8, 4) is 5.75 Å². The molecule has 1 aromatic rings. The Kier molecular flexibility index (Phi) is 5.13. The van der Waals surface area contributed by atoms with Gasteiger partial charge >= 0.3 is 0 Å². The van der Waals surface area contributed by atoms with Gasteiger partial charge in [0.25, 0.3) is 0 Å². The minimum atomic E-state index is -1.32. The standard InChI is InChI=1S/C14H19NO6/c1-8(17)15-11-13(19)12(18)10(7-16)21-14(11)20-9-5-3-2-4-6-9/h2-6,10-14,16,18-19H,7H2,1H3,(H,15,17)/t10-,11+,12-,13-,14+/m1/s1. The van der Waals surface area contributed by atoms with Gasteiger partial charge in [-0.15, -0.1) is 0 Å². The summed E-state index contributed by atoms with van der Waals surface area (Å²) in [5, 5.41) is 31.7. The molecule has 1 heterocycles. The molecule has 0 aliphatic carbocycles. The average Bonchev–Trinajstić information content (AvgIpc) is 2.47. The first kappa shape index (κ1) is 15.7. The molecule has 4 N–H and O–H groups in total. The lowest BCUT2D eigenvalue weighted by Crippen LogP contribution is -2.65. The Hall–Kier alpha value is -1.67. The highest BCUT2D eigenvalue weighted by Gasteiger charge is 2.45. The van der Waals surface area contributed by atoms with Crippen molar-refractivity contribution in [2.45, 2.75) is 37.6 Å². The summed E-state index contributed by atoms with van der Waals surface area (Å²) in [6.07, 6.45) is -4.64. The van der Waals surface area contributed by atoms with Gasteiger partial charge in [0.05, 0.1) is 6.61 Å². The van der Waals surface area contributed by atoms with Gasteiger partial charge in [-0.3, -0.25) is 4.79 Å². The summed E-state index contributed by atoms with van der Waals surface area (Å²) in [6, 6.07) is 7.79. The zero-order valence-electron chi connectivity index (χ0n) is 11.5. The number of carbonyl (C=O) groups excluding carboxylic acids is 1. The number of ether oxygens (including phenoxy) is 2. The summed E-state index contributed by atoms with van der Waals surface area (Å²) < 4.78 is 11.0. The fraction of sp³-hybridized carbons (Fsp3) is 0.500. The molecule has 116 valence electrons. The van der Waals surface area contributed by atoms with Crippen LogP contribution in [0.15, 0.2) is 30.3 Å². The molecule has 1 aromatic carbocycles. The molecule has 1 saturated heterocycles. The molecule has 0 aromatic heterocycles. The van der Waals surface area contributed by atoms with Crippen molar-refractivity contribution in [2.75, 3.05) is 6.61 Å². The first-order chi connectivity index (χ1) is 10.0. The van der Waals surface area contributed by atoms with Crippen LogP contribution in [0.2, 0.25) is 0 Å². The van der Waals surface area contributed by atoms with E-state index in [1.54, 1.807) is 24.3 Å². The van der Waals surface area contributed by atoms with Crippen molar-refractivity contribution < 1.29 is 29.6 Å². The van der Waals surface area contributed by atoms with E-state index in [0.29, 0.717) is 5.75 Å². The summed E-state index contributed by atoms with van der Waals surface area (Å²) in [5.74, 6) is 0.0945. The number of para-hydroxylation sites is 1. The van der Waals surface area contributed by atoms with Crippen LogP contribution in [0.5, 0.6) is 5.75 Å². The van der Waals surface area contributed by atoms with Gasteiger partial charge in [0.2, 0.25) is 12.2 Å². The fourth-order valence-electron chi connectivity index (χ4n) is 2.20. The quantitative estimate of drug-likeness (QED) is 0.568. The second-order valence-electron chi connectivity index (χ2n) is 4.86. The Balaban J connectivity index is 2.18. The number of aliphatic hydroxyl groups is 3. The van der Waals surface area contributed by atoms with Crippen molar-refractivity contribution >= 4 is 5.91 Å². The van der Waals surface area contributed by atoms with Crippen LogP contribution in [0.4, 0.5) is 0 Å². The van der Waals surface area contributed by atoms with Gasteiger partial charge in [-0.25, -0.2) is 0 Å². The zero-order valence-corrected chi connectivity index (χ0v) is 11.5. The Morgan fingerprint density at radius 2 is 1.95 bits per heavy atom. The van der Waals surface area contributed by atoms with Gasteiger partial charge in [-0.05, 0) is 12.1 Å². The van der Waals surface area contributed by atoms with Crippen molar-refractivity contribution in [1.82, 2.24) is 5.32 Å². The Morgan fingerprint density at radius 3 is 2.52 bits per heavy atom. The number of nitrogens with one attached hydrogen (secondary N) is 1. The maximum atomic E-state index is 11.2. The molecule has 5 atom stereocenters. The monoisotopic (exact) mass is 297 g/mol. The van der Waals surface area contributed by atoms with Gasteiger partial charge in [0.15, 0.2) is 0 Å². The van der Waals surface area contributed by atoms with Crippen LogP contribution in [0.1, 0.15) is 6.92 Å². The maximum absolute atomic E-state index is 11.2. The van der Waals surface area contributed by atoms with E-state index in [4.69, 9.17) is 9.47 Å². The molecule has 0 saturated carbocycles. The summed E-state index contributed by atoms with van der Waals surface area (Å²) in [5.41, 5.74) is 0. The van der Waals surface area contributed by atoms with E-state index < -0.39 is 37.3 Å². The number of carbonyl (C=O) groups is 1. The smallest absolute Gasteiger partial charge is 0.223 e. The second kappa shape index (κ2) is 6.86. The number of benzene rings is 1. The van der Waals surface area contributed by atoms with E-state index in [1.165, 1.54) is 6.92 Å². The molecule has 0 radical (unpaired) electrons. The molecule has 1 aliphatic heterocycles. The van der Waals surface area contributed by atoms with Crippen LogP contribution in [0, 0.1) is 0 Å². The summed E-state index contributed by atoms with van der Waals surface area (Å²) in [6.45, 7) is 0.816. The number of hydrogen-bond acceptors (Lipinski definition) is 6. The first-order valence-electron chi connectivity index (χ1n) is 6.64. The molecule has 7 heteroatoms. The molecule has 1 amide bonds. The molecule has 0 bridgehead atoms. The molecule has 0 spiro atoms. The predicted molar refractivity (Wildman–Crippen MR) is 72.4 cm³/mol. The second-order valence-corrected chi connectivity index (χ2v) is 4.86. The molecule has 2 rings (SSSR count). The average molecular weight is 297 g/mol. The van der Waals surface area contributed by atoms with Gasteiger partial charge < -0.3 is 30.1 Å². The van der Waals surface area contributed by atoms with Gasteiger partial charge in [0.1, 0.15) is 30.1 Å². The normalized spacial score (nSPS) is 32.5. The number of rotatable bonds is 4. The fourth-order valence-corrected chi connectivity index (χ4v) is 2.20. The van der Waals surface area contributed by atoms with Crippen LogP contribution in [-0.2, 0) is 9.53 Å². The molecular weight excluding hydrogens is 278 g/mol. The number of amides is 1. The van der Waals surface area contributed by atoms with E-state index in [2.05, 4.69) is 5.32 Å². The highest BCUT2D eigenvalue weighted by atomic mass is 16.7. The molecule has 0 unspecified atom stereocenters. The minimum absolute atomic E-state index is 0.390. The van der Waals surface area contributed by atoms with Crippen LogP contribution >= 0.6 is 0 Å². The third kappa shape index (κ3) is 3.70. The van der Waals surface area contributed by atoms with Gasteiger partial charge in [0, 0.05) is 6.92 Å². The third-order valence-corrected chi connectivity index (χ3v) is 3.25. The van der Waals surface area contributed by atoms with Crippen molar-refractivity contribution in [2.24, 2.45) is 0 Å². The lowest BCUT2D eigenvalue weighted by Gasteiger charge is -2.42. The Morgan fingerprint density at radius 1 is 1.29 bits per heavy atom. The topological polar surface area (TPSA) is 108 Å². The maximum Gasteiger partial charge on any atom is 0.223 e. The summed E-state index contributed by atoms with van der Waals surface area (Å²) >= 11 is 0. The minimum Gasteiger partial charge on any atom is -0.463 e. The van der Waals surface area contributed by atoms with Crippen molar-refractivity contribution in [3.05, 3.63) is 30.3 Å². The highest BCUT2D eigenvalue weighted by Crippen LogP contribution is 2.24. The van der Waals surface area contributed by atoms with Crippen molar-refractivity contribution in [1.29, 1.82) is 0 Å². The van der Waals surface area contributed by atoms with E-state index >= 15 is 0 Å². The largest absolute Gasteiger partial charge is 0.463 e. The van der Waals surface area contributed by atoms with Crippen LogP contribution in [0.25, 0.3) is 0 Å².